The van der Waals surface area contributed by atoms with Gasteiger partial charge >= 0.3 is 0 Å². The Kier molecular flexibility index (Phi) is 3.64. The Hall–Kier alpha value is -4.34. The molecule has 0 unspecified atom stereocenters. The van der Waals surface area contributed by atoms with Crippen molar-refractivity contribution in [2.75, 3.05) is 11.4 Å². The van der Waals surface area contributed by atoms with Crippen LogP contribution in [0.1, 0.15) is 17.6 Å². The lowest BCUT2D eigenvalue weighted by molar-refractivity contribution is 0.364. The fourth-order valence-corrected chi connectivity index (χ4v) is 4.68. The van der Waals surface area contributed by atoms with E-state index < -0.39 is 0 Å². The van der Waals surface area contributed by atoms with Crippen LogP contribution in [0.5, 0.6) is 0 Å². The monoisotopic (exact) mass is 438 g/mol. The topological polar surface area (TPSA) is 108 Å². The first-order chi connectivity index (χ1) is 16.2. The fourth-order valence-electron chi connectivity index (χ4n) is 4.68. The van der Waals surface area contributed by atoms with Crippen LogP contribution >= 0.6 is 0 Å². The van der Waals surface area contributed by atoms with E-state index in [0.717, 1.165) is 17.7 Å². The average Bonchev–Trinajstić information content (AvgIpc) is 3.24. The van der Waals surface area contributed by atoms with E-state index in [0.29, 0.717) is 28.8 Å². The molecular formula is C23H18N8O2. The minimum atomic E-state index is -0.190. The molecule has 4 aromatic heterocycles. The SMILES string of the molecule is Cn1cnc2ncn(Cc3nc([C@H]4C5=CN(c6cc7ccccc7cn6)C[C@@H]54)no3)c(=O)c21. The van der Waals surface area contributed by atoms with Gasteiger partial charge in [0.2, 0.25) is 5.89 Å². The number of rotatable bonds is 4. The van der Waals surface area contributed by atoms with Gasteiger partial charge in [-0.25, -0.2) is 15.0 Å². The van der Waals surface area contributed by atoms with Gasteiger partial charge in [-0.2, -0.15) is 4.98 Å². The summed E-state index contributed by atoms with van der Waals surface area (Å²) in [5, 5.41) is 6.49. The molecule has 10 nitrogen and oxygen atoms in total. The van der Waals surface area contributed by atoms with Gasteiger partial charge in [0.25, 0.3) is 5.56 Å². The third kappa shape index (κ3) is 2.80. The van der Waals surface area contributed by atoms with Gasteiger partial charge in [-0.05, 0) is 17.0 Å². The van der Waals surface area contributed by atoms with Crippen molar-refractivity contribution in [3.8, 4) is 0 Å². The molecule has 0 saturated heterocycles. The first kappa shape index (κ1) is 18.3. The number of hydrogen-bond donors (Lipinski definition) is 0. The zero-order valence-corrected chi connectivity index (χ0v) is 17.7. The second kappa shape index (κ2) is 6.58. The van der Waals surface area contributed by atoms with E-state index in [4.69, 9.17) is 4.52 Å². The smallest absolute Gasteiger partial charge is 0.280 e. The third-order valence-electron chi connectivity index (χ3n) is 6.46. The average molecular weight is 438 g/mol. The summed E-state index contributed by atoms with van der Waals surface area (Å²) < 4.78 is 8.57. The van der Waals surface area contributed by atoms with Crippen molar-refractivity contribution < 1.29 is 4.52 Å². The molecule has 5 aromatic rings. The number of benzene rings is 1. The van der Waals surface area contributed by atoms with E-state index in [1.54, 1.807) is 17.9 Å². The van der Waals surface area contributed by atoms with Gasteiger partial charge in [-0.15, -0.1) is 0 Å². The third-order valence-corrected chi connectivity index (χ3v) is 6.46. The molecule has 1 fully saturated rings. The lowest BCUT2D eigenvalue weighted by Gasteiger charge is -2.17. The van der Waals surface area contributed by atoms with Crippen molar-refractivity contribution in [1.29, 1.82) is 0 Å². The van der Waals surface area contributed by atoms with Crippen LogP contribution in [0.15, 0.2) is 70.3 Å². The highest BCUT2D eigenvalue weighted by molar-refractivity contribution is 5.84. The van der Waals surface area contributed by atoms with Gasteiger partial charge in [0.15, 0.2) is 17.0 Å². The number of imidazole rings is 1. The van der Waals surface area contributed by atoms with Crippen molar-refractivity contribution in [3.63, 3.8) is 0 Å². The van der Waals surface area contributed by atoms with E-state index in [2.05, 4.69) is 54.4 Å². The standard InChI is InChI=1S/C23H18N8O2/c1-29-11-25-22-20(29)23(32)31(12-26-22)10-18-27-21(28-33-18)19-15-8-30(9-16(15)19)17-6-13-4-2-3-5-14(13)7-24-17/h2-8,11-12,16,19H,9-10H2,1H3/t16-,19-/m0/s1. The maximum atomic E-state index is 12.7. The van der Waals surface area contributed by atoms with E-state index >= 15 is 0 Å². The molecule has 0 amide bonds. The zero-order valence-electron chi connectivity index (χ0n) is 17.7. The van der Waals surface area contributed by atoms with Crippen LogP contribution in [0.2, 0.25) is 0 Å². The Labute approximate surface area is 186 Å². The summed E-state index contributed by atoms with van der Waals surface area (Å²) in [7, 11) is 1.77. The molecule has 0 bridgehead atoms. The van der Waals surface area contributed by atoms with Crippen LogP contribution in [0.4, 0.5) is 5.82 Å². The molecule has 2 atom stereocenters. The van der Waals surface area contributed by atoms with Crippen molar-refractivity contribution >= 4 is 27.8 Å². The summed E-state index contributed by atoms with van der Waals surface area (Å²) in [4.78, 5) is 32.4. The van der Waals surface area contributed by atoms with E-state index in [9.17, 15) is 4.79 Å². The zero-order chi connectivity index (χ0) is 22.1. The van der Waals surface area contributed by atoms with Crippen LogP contribution < -0.4 is 10.5 Å². The van der Waals surface area contributed by atoms with Crippen molar-refractivity contribution in [3.05, 3.63) is 83.0 Å². The number of hydrogen-bond acceptors (Lipinski definition) is 8. The molecule has 0 N–H and O–H groups in total. The van der Waals surface area contributed by atoms with E-state index in [1.807, 2.05) is 18.3 Å². The van der Waals surface area contributed by atoms with Crippen LogP contribution in [-0.2, 0) is 13.6 Å². The van der Waals surface area contributed by atoms with Crippen LogP contribution in [0, 0.1) is 5.92 Å². The van der Waals surface area contributed by atoms with Crippen LogP contribution in [-0.4, -0.2) is 40.8 Å². The largest absolute Gasteiger partial charge is 0.337 e. The lowest BCUT2D eigenvalue weighted by Crippen LogP contribution is -2.22. The minimum absolute atomic E-state index is 0.161. The molecule has 0 spiro atoms. The number of pyridine rings is 1. The Morgan fingerprint density at radius 1 is 1.12 bits per heavy atom. The lowest BCUT2D eigenvalue weighted by atomic mass is 10.2. The Morgan fingerprint density at radius 2 is 1.97 bits per heavy atom. The first-order valence-corrected chi connectivity index (χ1v) is 10.7. The fraction of sp³-hybridized carbons (Fsp3) is 0.217. The summed E-state index contributed by atoms with van der Waals surface area (Å²) in [6.45, 7) is 1.01. The molecule has 1 saturated carbocycles. The summed E-state index contributed by atoms with van der Waals surface area (Å²) in [6.07, 6.45) is 7.10. The van der Waals surface area contributed by atoms with Crippen LogP contribution in [0.25, 0.3) is 21.9 Å². The molecule has 1 aliphatic carbocycles. The molecule has 5 heterocycles. The maximum Gasteiger partial charge on any atom is 0.280 e. The Balaban J connectivity index is 1.11. The van der Waals surface area contributed by atoms with Gasteiger partial charge in [-0.3, -0.25) is 9.36 Å². The van der Waals surface area contributed by atoms with Gasteiger partial charge in [0.1, 0.15) is 18.7 Å². The number of fused-ring (bicyclic) bond motifs is 3. The molecule has 1 aromatic carbocycles. The summed E-state index contributed by atoms with van der Waals surface area (Å²) >= 11 is 0. The Bertz CT molecular complexity index is 1650. The number of aryl methyl sites for hydroxylation is 1. The molecule has 1 aliphatic heterocycles. The quantitative estimate of drug-likeness (QED) is 0.420. The molecular weight excluding hydrogens is 420 g/mol. The number of aromatic nitrogens is 7. The van der Waals surface area contributed by atoms with Crippen molar-refractivity contribution in [2.24, 2.45) is 13.0 Å². The van der Waals surface area contributed by atoms with Crippen molar-refractivity contribution in [2.45, 2.75) is 12.5 Å². The molecule has 0 radical (unpaired) electrons. The predicted octanol–water partition coefficient (Wildman–Crippen LogP) is 2.23. The van der Waals surface area contributed by atoms with Gasteiger partial charge in [0.05, 0.1) is 12.2 Å². The normalized spacial score (nSPS) is 19.3. The molecule has 7 rings (SSSR count). The van der Waals surface area contributed by atoms with E-state index in [1.165, 1.54) is 21.9 Å². The predicted molar refractivity (Wildman–Crippen MR) is 120 cm³/mol. The van der Waals surface area contributed by atoms with Crippen molar-refractivity contribution in [1.82, 2.24) is 34.2 Å². The highest BCUT2D eigenvalue weighted by atomic mass is 16.5. The van der Waals surface area contributed by atoms with Gasteiger partial charge in [-0.1, -0.05) is 29.4 Å². The van der Waals surface area contributed by atoms with Gasteiger partial charge < -0.3 is 14.0 Å². The Morgan fingerprint density at radius 3 is 2.82 bits per heavy atom. The maximum absolute atomic E-state index is 12.7. The molecule has 33 heavy (non-hydrogen) atoms. The van der Waals surface area contributed by atoms with Gasteiger partial charge in [0, 0.05) is 37.3 Å². The first-order valence-electron chi connectivity index (χ1n) is 10.7. The van der Waals surface area contributed by atoms with E-state index in [-0.39, 0.29) is 18.0 Å². The highest BCUT2D eigenvalue weighted by Gasteiger charge is 2.52. The number of nitrogens with zero attached hydrogens (tertiary/aromatic N) is 8. The summed E-state index contributed by atoms with van der Waals surface area (Å²) in [5.41, 5.74) is 1.96. The summed E-state index contributed by atoms with van der Waals surface area (Å²) in [6, 6.07) is 10.3. The number of anilines is 1. The summed E-state index contributed by atoms with van der Waals surface area (Å²) in [5.74, 6) is 2.51. The minimum Gasteiger partial charge on any atom is -0.337 e. The molecule has 2 aliphatic rings. The second-order valence-corrected chi connectivity index (χ2v) is 8.51. The van der Waals surface area contributed by atoms with Crippen LogP contribution in [0.3, 0.4) is 0 Å². The molecule has 10 heteroatoms. The molecule has 162 valence electrons. The second-order valence-electron chi connectivity index (χ2n) is 8.51. The highest BCUT2D eigenvalue weighted by Crippen LogP contribution is 2.56.